The zero-order valence-electron chi connectivity index (χ0n) is 10.6. The van der Waals surface area contributed by atoms with Crippen LogP contribution in [0.25, 0.3) is 0 Å². The van der Waals surface area contributed by atoms with Crippen LogP contribution in [0.5, 0.6) is 5.75 Å². The summed E-state index contributed by atoms with van der Waals surface area (Å²) in [6, 6.07) is 4.08. The van der Waals surface area contributed by atoms with Crippen molar-refractivity contribution >= 4 is 21.6 Å². The first-order chi connectivity index (χ1) is 8.94. The average molecular weight is 305 g/mol. The van der Waals surface area contributed by atoms with Gasteiger partial charge in [0.25, 0.3) is 0 Å². The van der Waals surface area contributed by atoms with E-state index in [4.69, 9.17) is 22.1 Å². The number of halogens is 1. The van der Waals surface area contributed by atoms with Crippen LogP contribution in [0.1, 0.15) is 19.3 Å². The van der Waals surface area contributed by atoms with Crippen molar-refractivity contribution in [3.63, 3.8) is 0 Å². The molecule has 1 fully saturated rings. The first-order valence-corrected chi connectivity index (χ1v) is 7.91. The van der Waals surface area contributed by atoms with E-state index in [0.717, 1.165) is 19.3 Å². The monoisotopic (exact) mass is 304 g/mol. The number of hydrogen-bond acceptors (Lipinski definition) is 4. The molecule has 1 aromatic carbocycles. The molecule has 1 aliphatic carbocycles. The summed E-state index contributed by atoms with van der Waals surface area (Å²) >= 11 is 5.82. The van der Waals surface area contributed by atoms with Crippen LogP contribution in [0.4, 0.5) is 0 Å². The highest BCUT2D eigenvalue weighted by Gasteiger charge is 2.30. The third kappa shape index (κ3) is 3.20. The van der Waals surface area contributed by atoms with Crippen molar-refractivity contribution in [2.24, 2.45) is 5.73 Å². The van der Waals surface area contributed by atoms with E-state index in [1.807, 2.05) is 0 Å². The zero-order valence-corrected chi connectivity index (χ0v) is 12.2. The van der Waals surface area contributed by atoms with Crippen LogP contribution in [-0.2, 0) is 10.0 Å². The van der Waals surface area contributed by atoms with Gasteiger partial charge in [0.15, 0.2) is 0 Å². The van der Waals surface area contributed by atoms with Gasteiger partial charge in [0.1, 0.15) is 10.6 Å². The van der Waals surface area contributed by atoms with Gasteiger partial charge in [-0.2, -0.15) is 0 Å². The second-order valence-electron chi connectivity index (χ2n) is 4.62. The molecule has 2 atom stereocenters. The Hall–Kier alpha value is -0.820. The van der Waals surface area contributed by atoms with Gasteiger partial charge in [0, 0.05) is 23.2 Å². The van der Waals surface area contributed by atoms with E-state index in [1.165, 1.54) is 25.3 Å². The highest BCUT2D eigenvalue weighted by Crippen LogP contribution is 2.28. The fraction of sp³-hybridized carbons (Fsp3) is 0.500. The smallest absolute Gasteiger partial charge is 0.244 e. The summed E-state index contributed by atoms with van der Waals surface area (Å²) < 4.78 is 32.4. The fourth-order valence-electron chi connectivity index (χ4n) is 2.26. The van der Waals surface area contributed by atoms with Crippen LogP contribution in [-0.4, -0.2) is 27.6 Å². The molecule has 2 rings (SSSR count). The number of hydrogen-bond donors (Lipinski definition) is 2. The molecule has 3 N–H and O–H groups in total. The van der Waals surface area contributed by atoms with Crippen molar-refractivity contribution in [1.82, 2.24) is 4.72 Å². The molecule has 0 spiro atoms. The molecule has 2 unspecified atom stereocenters. The van der Waals surface area contributed by atoms with Crippen LogP contribution in [0.15, 0.2) is 23.1 Å². The van der Waals surface area contributed by atoms with E-state index in [-0.39, 0.29) is 22.7 Å². The molecule has 0 bridgehead atoms. The predicted octanol–water partition coefficient (Wildman–Crippen LogP) is 1.51. The largest absolute Gasteiger partial charge is 0.495 e. The zero-order chi connectivity index (χ0) is 14.0. The minimum atomic E-state index is -3.65. The standard InChI is InChI=1S/C12H17ClN2O3S/c1-18-11-7-8(13)5-6-12(11)19(16,17)15-10-4-2-3-9(10)14/h5-7,9-10,15H,2-4,14H2,1H3. The van der Waals surface area contributed by atoms with E-state index in [2.05, 4.69) is 4.72 Å². The molecule has 0 aliphatic heterocycles. The number of nitrogens with two attached hydrogens (primary N) is 1. The molecule has 0 radical (unpaired) electrons. The second-order valence-corrected chi connectivity index (χ2v) is 6.74. The molecule has 1 aromatic rings. The maximum Gasteiger partial charge on any atom is 0.244 e. The normalized spacial score (nSPS) is 23.5. The Morgan fingerprint density at radius 3 is 2.74 bits per heavy atom. The molecular formula is C12H17ClN2O3S. The molecule has 0 amide bonds. The van der Waals surface area contributed by atoms with Crippen molar-refractivity contribution in [2.75, 3.05) is 7.11 Å². The fourth-order valence-corrected chi connectivity index (χ4v) is 3.90. The lowest BCUT2D eigenvalue weighted by molar-refractivity contribution is 0.401. The Labute approximate surface area is 118 Å². The number of sulfonamides is 1. The van der Waals surface area contributed by atoms with Gasteiger partial charge < -0.3 is 10.5 Å². The highest BCUT2D eigenvalue weighted by molar-refractivity contribution is 7.89. The molecule has 0 heterocycles. The number of methoxy groups -OCH3 is 1. The SMILES string of the molecule is COc1cc(Cl)ccc1S(=O)(=O)NC1CCCC1N. The Morgan fingerprint density at radius 1 is 1.42 bits per heavy atom. The molecule has 19 heavy (non-hydrogen) atoms. The third-order valence-electron chi connectivity index (χ3n) is 3.29. The summed E-state index contributed by atoms with van der Waals surface area (Å²) in [5.41, 5.74) is 5.88. The molecule has 0 aromatic heterocycles. The number of benzene rings is 1. The summed E-state index contributed by atoms with van der Waals surface area (Å²) in [5.74, 6) is 0.228. The van der Waals surface area contributed by atoms with Crippen LogP contribution < -0.4 is 15.2 Å². The maximum atomic E-state index is 12.3. The Balaban J connectivity index is 2.29. The molecule has 7 heteroatoms. The van der Waals surface area contributed by atoms with Gasteiger partial charge in [-0.05, 0) is 25.0 Å². The van der Waals surface area contributed by atoms with Crippen molar-refractivity contribution in [3.05, 3.63) is 23.2 Å². The quantitative estimate of drug-likeness (QED) is 0.883. The Bertz CT molecular complexity index is 562. The predicted molar refractivity (Wildman–Crippen MR) is 73.9 cm³/mol. The molecule has 1 saturated carbocycles. The van der Waals surface area contributed by atoms with Gasteiger partial charge >= 0.3 is 0 Å². The summed E-state index contributed by atoms with van der Waals surface area (Å²) in [6.07, 6.45) is 2.54. The summed E-state index contributed by atoms with van der Waals surface area (Å²) in [6.45, 7) is 0. The van der Waals surface area contributed by atoms with Gasteiger partial charge in [0.2, 0.25) is 10.0 Å². The Kier molecular flexibility index (Phi) is 4.35. The number of ether oxygens (including phenoxy) is 1. The van der Waals surface area contributed by atoms with Crippen LogP contribution >= 0.6 is 11.6 Å². The van der Waals surface area contributed by atoms with Gasteiger partial charge in [-0.25, -0.2) is 13.1 Å². The van der Waals surface area contributed by atoms with Crippen molar-refractivity contribution < 1.29 is 13.2 Å². The van der Waals surface area contributed by atoms with E-state index < -0.39 is 10.0 Å². The van der Waals surface area contributed by atoms with Crippen molar-refractivity contribution in [2.45, 2.75) is 36.2 Å². The van der Waals surface area contributed by atoms with Crippen molar-refractivity contribution in [3.8, 4) is 5.75 Å². The molecular weight excluding hydrogens is 288 g/mol. The average Bonchev–Trinajstić information content (AvgIpc) is 2.74. The summed E-state index contributed by atoms with van der Waals surface area (Å²) in [7, 11) is -2.24. The lowest BCUT2D eigenvalue weighted by atomic mass is 10.2. The molecule has 106 valence electrons. The topological polar surface area (TPSA) is 81.4 Å². The van der Waals surface area contributed by atoms with Crippen molar-refractivity contribution in [1.29, 1.82) is 0 Å². The summed E-state index contributed by atoms with van der Waals surface area (Å²) in [5, 5.41) is 0.424. The molecule has 5 nitrogen and oxygen atoms in total. The minimum Gasteiger partial charge on any atom is -0.495 e. The van der Waals surface area contributed by atoms with E-state index in [0.29, 0.717) is 5.02 Å². The first-order valence-electron chi connectivity index (χ1n) is 6.05. The van der Waals surface area contributed by atoms with E-state index >= 15 is 0 Å². The van der Waals surface area contributed by atoms with Gasteiger partial charge in [-0.15, -0.1) is 0 Å². The minimum absolute atomic E-state index is 0.0819. The second kappa shape index (κ2) is 5.66. The number of nitrogens with one attached hydrogen (secondary N) is 1. The molecule has 1 aliphatic rings. The lowest BCUT2D eigenvalue weighted by Crippen LogP contribution is -2.43. The highest BCUT2D eigenvalue weighted by atomic mass is 35.5. The van der Waals surface area contributed by atoms with Crippen LogP contribution in [0.2, 0.25) is 5.02 Å². The summed E-state index contributed by atoms with van der Waals surface area (Å²) in [4.78, 5) is 0.0819. The van der Waals surface area contributed by atoms with Crippen LogP contribution in [0, 0.1) is 0 Å². The number of rotatable bonds is 4. The van der Waals surface area contributed by atoms with Crippen LogP contribution in [0.3, 0.4) is 0 Å². The first kappa shape index (κ1) is 14.6. The van der Waals surface area contributed by atoms with E-state index in [1.54, 1.807) is 0 Å². The lowest BCUT2D eigenvalue weighted by Gasteiger charge is -2.18. The third-order valence-corrected chi connectivity index (χ3v) is 5.06. The Morgan fingerprint density at radius 2 is 2.16 bits per heavy atom. The maximum absolute atomic E-state index is 12.3. The van der Waals surface area contributed by atoms with Gasteiger partial charge in [0.05, 0.1) is 7.11 Å². The van der Waals surface area contributed by atoms with Gasteiger partial charge in [-0.1, -0.05) is 18.0 Å². The van der Waals surface area contributed by atoms with Gasteiger partial charge in [-0.3, -0.25) is 0 Å². The van der Waals surface area contributed by atoms with E-state index in [9.17, 15) is 8.42 Å². The molecule has 0 saturated heterocycles.